The first-order chi connectivity index (χ1) is 9.96. The highest BCUT2D eigenvalue weighted by molar-refractivity contribution is 5.10. The summed E-state index contributed by atoms with van der Waals surface area (Å²) in [5.41, 5.74) is 1.20. The Kier molecular flexibility index (Phi) is 6.08. The van der Waals surface area contributed by atoms with E-state index in [9.17, 15) is 10.2 Å². The molecule has 2 fully saturated rings. The molecule has 0 aromatic rings. The monoisotopic (exact) mass is 308 g/mol. The lowest BCUT2D eigenvalue weighted by molar-refractivity contribution is 0.0126. The molecule has 0 amide bonds. The van der Waals surface area contributed by atoms with E-state index in [1.807, 2.05) is 0 Å². The van der Waals surface area contributed by atoms with Crippen molar-refractivity contribution in [3.05, 3.63) is 24.3 Å². The zero-order valence-corrected chi connectivity index (χ0v) is 15.4. The van der Waals surface area contributed by atoms with E-state index >= 15 is 0 Å². The minimum atomic E-state index is -0.702. The van der Waals surface area contributed by atoms with Crippen LogP contribution in [0, 0.1) is 16.7 Å². The second-order valence-electron chi connectivity index (χ2n) is 8.51. The molecule has 2 heteroatoms. The van der Waals surface area contributed by atoms with Crippen molar-refractivity contribution < 1.29 is 10.2 Å². The van der Waals surface area contributed by atoms with E-state index in [0.29, 0.717) is 5.41 Å². The molecule has 4 unspecified atom stereocenters. The quantitative estimate of drug-likeness (QED) is 0.728. The maximum atomic E-state index is 9.81. The minimum Gasteiger partial charge on any atom is -0.393 e. The lowest BCUT2D eigenvalue weighted by Crippen LogP contribution is -2.35. The van der Waals surface area contributed by atoms with Crippen LogP contribution in [0.1, 0.15) is 73.6 Å². The lowest BCUT2D eigenvalue weighted by atomic mass is 9.70. The third-order valence-electron chi connectivity index (χ3n) is 6.39. The Morgan fingerprint density at radius 2 is 1.91 bits per heavy atom. The molecule has 2 aliphatic carbocycles. The van der Waals surface area contributed by atoms with Gasteiger partial charge >= 0.3 is 0 Å². The molecule has 2 bridgehead atoms. The summed E-state index contributed by atoms with van der Waals surface area (Å²) < 4.78 is 0. The van der Waals surface area contributed by atoms with Crippen LogP contribution in [0.5, 0.6) is 0 Å². The van der Waals surface area contributed by atoms with Crippen LogP contribution in [-0.4, -0.2) is 21.9 Å². The molecule has 22 heavy (non-hydrogen) atoms. The highest BCUT2D eigenvalue weighted by atomic mass is 16.3. The van der Waals surface area contributed by atoms with Gasteiger partial charge in [0.2, 0.25) is 0 Å². The number of fused-ring (bicyclic) bond motifs is 2. The molecule has 2 aliphatic rings. The number of aliphatic hydroxyl groups is 2. The Balaban J connectivity index is 0.000000220. The summed E-state index contributed by atoms with van der Waals surface area (Å²) in [5.74, 6) is 0.780. The van der Waals surface area contributed by atoms with Crippen molar-refractivity contribution in [2.45, 2.75) is 85.4 Å². The molecular weight excluding hydrogens is 272 g/mol. The van der Waals surface area contributed by atoms with Crippen LogP contribution in [0.25, 0.3) is 0 Å². The van der Waals surface area contributed by atoms with Crippen LogP contribution in [0.15, 0.2) is 24.3 Å². The molecule has 0 spiro atoms. The zero-order chi connectivity index (χ0) is 17.2. The molecular formula is C20H36O2. The van der Waals surface area contributed by atoms with Gasteiger partial charge in [0.1, 0.15) is 0 Å². The molecule has 0 aliphatic heterocycles. The van der Waals surface area contributed by atoms with Crippen molar-refractivity contribution in [3.63, 3.8) is 0 Å². The molecule has 2 rings (SSSR count). The van der Waals surface area contributed by atoms with Crippen LogP contribution in [-0.2, 0) is 0 Å². The summed E-state index contributed by atoms with van der Waals surface area (Å²) in [4.78, 5) is 0. The number of aliphatic hydroxyl groups excluding tert-OH is 1. The standard InChI is InChI=1S/2C10H18O/c1-9(2)7-4-5-10(9,3)8(11)6-7;1-5-10(4,11)8-6-7-9(2)3/h7-8,11H,4-6H2,1-3H3;5,7,11H,1,6,8H2,2-4H3. The van der Waals surface area contributed by atoms with Gasteiger partial charge in [-0.15, -0.1) is 6.58 Å². The van der Waals surface area contributed by atoms with E-state index in [4.69, 9.17) is 0 Å². The van der Waals surface area contributed by atoms with Gasteiger partial charge in [0.05, 0.1) is 11.7 Å². The summed E-state index contributed by atoms with van der Waals surface area (Å²) in [6.07, 6.45) is 8.96. The predicted octanol–water partition coefficient (Wildman–Crippen LogP) is 4.86. The largest absolute Gasteiger partial charge is 0.393 e. The Morgan fingerprint density at radius 1 is 1.32 bits per heavy atom. The van der Waals surface area contributed by atoms with Gasteiger partial charge in [0.15, 0.2) is 0 Å². The summed E-state index contributed by atoms with van der Waals surface area (Å²) in [5, 5.41) is 19.3. The normalized spacial score (nSPS) is 34.4. The first-order valence-corrected chi connectivity index (χ1v) is 8.63. The lowest BCUT2D eigenvalue weighted by Gasteiger charge is -2.36. The molecule has 0 aromatic carbocycles. The average molecular weight is 309 g/mol. The second kappa shape index (κ2) is 6.88. The maximum absolute atomic E-state index is 9.81. The molecule has 2 nitrogen and oxygen atoms in total. The average Bonchev–Trinajstić information content (AvgIpc) is 2.72. The summed E-state index contributed by atoms with van der Waals surface area (Å²) in [6, 6.07) is 0. The molecule has 0 heterocycles. The number of hydrogen-bond donors (Lipinski definition) is 2. The van der Waals surface area contributed by atoms with Gasteiger partial charge in [0.25, 0.3) is 0 Å². The summed E-state index contributed by atoms with van der Waals surface area (Å²) >= 11 is 0. The molecule has 2 N–H and O–H groups in total. The first kappa shape index (κ1) is 19.4. The van der Waals surface area contributed by atoms with Gasteiger partial charge in [-0.25, -0.2) is 0 Å². The zero-order valence-electron chi connectivity index (χ0n) is 15.4. The minimum absolute atomic E-state index is 0.0313. The van der Waals surface area contributed by atoms with Crippen LogP contribution in [0.3, 0.4) is 0 Å². The van der Waals surface area contributed by atoms with E-state index < -0.39 is 5.60 Å². The van der Waals surface area contributed by atoms with E-state index in [-0.39, 0.29) is 11.5 Å². The highest BCUT2D eigenvalue weighted by Gasteiger charge is 2.60. The molecule has 0 saturated heterocycles. The Hall–Kier alpha value is -0.600. The Morgan fingerprint density at radius 3 is 2.18 bits per heavy atom. The smallest absolute Gasteiger partial charge is 0.0800 e. The van der Waals surface area contributed by atoms with Crippen LogP contribution in [0.2, 0.25) is 0 Å². The third kappa shape index (κ3) is 4.02. The van der Waals surface area contributed by atoms with Crippen molar-refractivity contribution in [2.24, 2.45) is 16.7 Å². The molecule has 128 valence electrons. The number of allylic oxidation sites excluding steroid dienone is 2. The summed E-state index contributed by atoms with van der Waals surface area (Å²) in [6.45, 7) is 16.3. The fourth-order valence-electron chi connectivity index (χ4n) is 3.92. The van der Waals surface area contributed by atoms with Crippen LogP contribution >= 0.6 is 0 Å². The molecule has 0 aromatic heterocycles. The van der Waals surface area contributed by atoms with E-state index in [1.165, 1.54) is 18.4 Å². The van der Waals surface area contributed by atoms with Gasteiger partial charge in [-0.05, 0) is 69.6 Å². The molecule has 2 saturated carbocycles. The third-order valence-corrected chi connectivity index (χ3v) is 6.39. The van der Waals surface area contributed by atoms with Crippen molar-refractivity contribution in [1.82, 2.24) is 0 Å². The number of rotatable bonds is 4. The fourth-order valence-corrected chi connectivity index (χ4v) is 3.92. The molecule has 4 atom stereocenters. The van der Waals surface area contributed by atoms with E-state index in [0.717, 1.165) is 25.2 Å². The van der Waals surface area contributed by atoms with Crippen molar-refractivity contribution in [3.8, 4) is 0 Å². The van der Waals surface area contributed by atoms with Gasteiger partial charge in [-0.1, -0.05) is 38.5 Å². The van der Waals surface area contributed by atoms with Gasteiger partial charge in [0, 0.05) is 0 Å². The SMILES string of the molecule is C=CC(C)(O)CCC=C(C)C.CC1(C)C2CCC1(C)C(O)C2. The maximum Gasteiger partial charge on any atom is 0.0800 e. The number of hydrogen-bond acceptors (Lipinski definition) is 2. The van der Waals surface area contributed by atoms with E-state index in [2.05, 4.69) is 47.3 Å². The van der Waals surface area contributed by atoms with Gasteiger partial charge in [-0.3, -0.25) is 0 Å². The topological polar surface area (TPSA) is 40.5 Å². The highest BCUT2D eigenvalue weighted by Crippen LogP contribution is 2.65. The van der Waals surface area contributed by atoms with Crippen molar-refractivity contribution >= 4 is 0 Å². The second-order valence-corrected chi connectivity index (χ2v) is 8.51. The molecule has 0 radical (unpaired) electrons. The first-order valence-electron chi connectivity index (χ1n) is 8.63. The Labute approximate surface area is 137 Å². The summed E-state index contributed by atoms with van der Waals surface area (Å²) in [7, 11) is 0. The van der Waals surface area contributed by atoms with Gasteiger partial charge in [-0.2, -0.15) is 0 Å². The van der Waals surface area contributed by atoms with Crippen molar-refractivity contribution in [1.29, 1.82) is 0 Å². The Bertz CT molecular complexity index is 415. The van der Waals surface area contributed by atoms with Crippen LogP contribution in [0.4, 0.5) is 0 Å². The van der Waals surface area contributed by atoms with Crippen LogP contribution < -0.4 is 0 Å². The fraction of sp³-hybridized carbons (Fsp3) is 0.800. The van der Waals surface area contributed by atoms with Crippen molar-refractivity contribution in [2.75, 3.05) is 0 Å². The van der Waals surface area contributed by atoms with E-state index in [1.54, 1.807) is 13.0 Å². The van der Waals surface area contributed by atoms with Gasteiger partial charge < -0.3 is 10.2 Å². The predicted molar refractivity (Wildman–Crippen MR) is 94.7 cm³/mol.